The van der Waals surface area contributed by atoms with Crippen molar-refractivity contribution in [1.82, 2.24) is 9.13 Å². The molecule has 2 atom stereocenters. The second-order valence-corrected chi connectivity index (χ2v) is 17.2. The molecule has 2 unspecified atom stereocenters. The van der Waals surface area contributed by atoms with E-state index in [4.69, 9.17) is 0 Å². The van der Waals surface area contributed by atoms with E-state index in [0.29, 0.717) is 0 Å². The second-order valence-electron chi connectivity index (χ2n) is 15.4. The Balaban J connectivity index is 1.11. The molecule has 2 aliphatic rings. The number of fused-ring (bicyclic) bond motifs is 6. The van der Waals surface area contributed by atoms with E-state index in [9.17, 15) is 0 Å². The number of hydrogen-bond donors (Lipinski definition) is 0. The molecule has 4 heteroatoms. The standard InChI is InChI=1S/C44H46Br2N2/c1-27(2)21-29-5-17-41-37(23-29)39-25-33(45)11-19-43(39)47(41)35-13-7-31(8-14-35)32-9-15-36(16-10-32)48-42-18-6-30(22-28(3)4)24-38(42)40-26-34(46)12-20-44(40)48/h7-16,19-20,25-30H,5-6,17-18,21-24H2,1-4H3. The average Bonchev–Trinajstić information content (AvgIpc) is 3.55. The van der Waals surface area contributed by atoms with E-state index in [-0.39, 0.29) is 0 Å². The Morgan fingerprint density at radius 3 is 1.33 bits per heavy atom. The van der Waals surface area contributed by atoms with Gasteiger partial charge >= 0.3 is 0 Å². The molecule has 246 valence electrons. The summed E-state index contributed by atoms with van der Waals surface area (Å²) >= 11 is 7.53. The van der Waals surface area contributed by atoms with E-state index in [1.807, 2.05) is 0 Å². The lowest BCUT2D eigenvalue weighted by Crippen LogP contribution is -2.17. The van der Waals surface area contributed by atoms with Gasteiger partial charge in [-0.05, 0) is 158 Å². The maximum absolute atomic E-state index is 3.76. The summed E-state index contributed by atoms with van der Waals surface area (Å²) < 4.78 is 7.41. The van der Waals surface area contributed by atoms with Crippen molar-refractivity contribution in [2.24, 2.45) is 23.7 Å². The number of halogens is 2. The third kappa shape index (κ3) is 5.92. The first-order valence-corrected chi connectivity index (χ1v) is 19.7. The van der Waals surface area contributed by atoms with Gasteiger partial charge in [-0.25, -0.2) is 0 Å². The Morgan fingerprint density at radius 1 is 0.562 bits per heavy atom. The van der Waals surface area contributed by atoms with Crippen LogP contribution >= 0.6 is 31.9 Å². The summed E-state index contributed by atoms with van der Waals surface area (Å²) in [7, 11) is 0. The summed E-state index contributed by atoms with van der Waals surface area (Å²) in [6.45, 7) is 9.45. The fraction of sp³-hybridized carbons (Fsp3) is 0.364. The summed E-state index contributed by atoms with van der Waals surface area (Å²) in [5.41, 5.74) is 13.8. The van der Waals surface area contributed by atoms with Crippen LogP contribution in [0.5, 0.6) is 0 Å². The molecule has 4 aromatic carbocycles. The first kappa shape index (κ1) is 32.1. The van der Waals surface area contributed by atoms with Crippen molar-refractivity contribution in [2.45, 2.75) is 79.1 Å². The molecule has 2 heterocycles. The second kappa shape index (κ2) is 13.0. The quantitative estimate of drug-likeness (QED) is 0.153. The van der Waals surface area contributed by atoms with Gasteiger partial charge in [-0.1, -0.05) is 83.8 Å². The van der Waals surface area contributed by atoms with Crippen molar-refractivity contribution in [2.75, 3.05) is 0 Å². The van der Waals surface area contributed by atoms with Gasteiger partial charge in [0, 0.05) is 42.5 Å². The molecule has 0 saturated carbocycles. The Labute approximate surface area is 302 Å². The lowest BCUT2D eigenvalue weighted by Gasteiger charge is -2.25. The largest absolute Gasteiger partial charge is 0.313 e. The van der Waals surface area contributed by atoms with Crippen LogP contribution in [0, 0.1) is 23.7 Å². The van der Waals surface area contributed by atoms with Gasteiger partial charge in [-0.3, -0.25) is 0 Å². The summed E-state index contributed by atoms with van der Waals surface area (Å²) in [5.74, 6) is 3.05. The molecule has 0 spiro atoms. The van der Waals surface area contributed by atoms with Crippen molar-refractivity contribution < 1.29 is 0 Å². The van der Waals surface area contributed by atoms with Gasteiger partial charge in [0.1, 0.15) is 0 Å². The monoisotopic (exact) mass is 760 g/mol. The van der Waals surface area contributed by atoms with Crippen molar-refractivity contribution >= 4 is 53.7 Å². The van der Waals surface area contributed by atoms with Crippen LogP contribution in [0.1, 0.15) is 75.9 Å². The van der Waals surface area contributed by atoms with Gasteiger partial charge in [0.25, 0.3) is 0 Å². The Morgan fingerprint density at radius 2 is 0.958 bits per heavy atom. The number of benzene rings is 4. The Kier molecular flexibility index (Phi) is 8.70. The van der Waals surface area contributed by atoms with Crippen molar-refractivity contribution in [3.8, 4) is 22.5 Å². The predicted octanol–water partition coefficient (Wildman–Crippen LogP) is 13.1. The fourth-order valence-electron chi connectivity index (χ4n) is 9.14. The molecule has 2 nitrogen and oxygen atoms in total. The zero-order valence-corrected chi connectivity index (χ0v) is 31.9. The highest BCUT2D eigenvalue weighted by atomic mass is 79.9. The van der Waals surface area contributed by atoms with Crippen LogP contribution < -0.4 is 0 Å². The molecular formula is C44H46Br2N2. The first-order chi connectivity index (χ1) is 23.2. The van der Waals surface area contributed by atoms with Crippen LogP contribution in [-0.4, -0.2) is 9.13 Å². The van der Waals surface area contributed by atoms with Crippen molar-refractivity contribution in [1.29, 1.82) is 0 Å². The molecule has 0 radical (unpaired) electrons. The van der Waals surface area contributed by atoms with E-state index >= 15 is 0 Å². The van der Waals surface area contributed by atoms with Crippen LogP contribution in [-0.2, 0) is 25.7 Å². The smallest absolute Gasteiger partial charge is 0.0535 e. The lowest BCUT2D eigenvalue weighted by atomic mass is 9.81. The van der Waals surface area contributed by atoms with E-state index < -0.39 is 0 Å². The highest BCUT2D eigenvalue weighted by molar-refractivity contribution is 9.10. The number of aromatic nitrogens is 2. The molecule has 6 aromatic rings. The van der Waals surface area contributed by atoms with Gasteiger partial charge in [-0.15, -0.1) is 0 Å². The molecule has 8 rings (SSSR count). The van der Waals surface area contributed by atoms with Gasteiger partial charge in [0.2, 0.25) is 0 Å². The minimum Gasteiger partial charge on any atom is -0.313 e. The van der Waals surface area contributed by atoms with Gasteiger partial charge in [0.05, 0.1) is 11.0 Å². The molecule has 0 bridgehead atoms. The molecule has 0 fully saturated rings. The molecule has 2 aliphatic carbocycles. The highest BCUT2D eigenvalue weighted by Crippen LogP contribution is 2.41. The fourth-order valence-corrected chi connectivity index (χ4v) is 9.86. The van der Waals surface area contributed by atoms with Crippen LogP contribution in [0.4, 0.5) is 0 Å². The minimum atomic E-state index is 0.746. The zero-order valence-electron chi connectivity index (χ0n) is 28.7. The van der Waals surface area contributed by atoms with Crippen molar-refractivity contribution in [3.05, 3.63) is 116 Å². The molecule has 0 amide bonds. The van der Waals surface area contributed by atoms with Crippen LogP contribution in [0.15, 0.2) is 93.9 Å². The summed E-state index contributed by atoms with van der Waals surface area (Å²) in [5, 5.41) is 2.82. The zero-order chi connectivity index (χ0) is 33.1. The molecule has 0 N–H and O–H groups in total. The third-order valence-electron chi connectivity index (χ3n) is 11.0. The molecule has 0 aliphatic heterocycles. The number of hydrogen-bond acceptors (Lipinski definition) is 0. The molecule has 0 saturated heterocycles. The van der Waals surface area contributed by atoms with Crippen molar-refractivity contribution in [3.63, 3.8) is 0 Å². The lowest BCUT2D eigenvalue weighted by molar-refractivity contribution is 0.368. The van der Waals surface area contributed by atoms with Crippen LogP contribution in [0.2, 0.25) is 0 Å². The SMILES string of the molecule is CC(C)CC1CCc2c(c3cc(Br)ccc3n2-c2ccc(-c3ccc(-n4c5c(c6cc(Br)ccc64)CC(CC(C)C)CC5)cc3)cc2)C1. The normalized spacial score (nSPS) is 17.8. The first-order valence-electron chi connectivity index (χ1n) is 18.1. The maximum atomic E-state index is 3.76. The van der Waals surface area contributed by atoms with E-state index in [1.165, 1.54) is 94.2 Å². The summed E-state index contributed by atoms with van der Waals surface area (Å²) in [4.78, 5) is 0. The molecule has 2 aromatic heterocycles. The van der Waals surface area contributed by atoms with Crippen LogP contribution in [0.25, 0.3) is 44.3 Å². The summed E-state index contributed by atoms with van der Waals surface area (Å²) in [6.07, 6.45) is 9.86. The Bertz CT molecular complexity index is 1960. The third-order valence-corrected chi connectivity index (χ3v) is 12.0. The predicted molar refractivity (Wildman–Crippen MR) is 211 cm³/mol. The summed E-state index contributed by atoms with van der Waals surface area (Å²) in [6, 6.07) is 32.2. The van der Waals surface area contributed by atoms with E-state index in [0.717, 1.165) is 45.5 Å². The highest BCUT2D eigenvalue weighted by Gasteiger charge is 2.28. The number of rotatable bonds is 7. The maximum Gasteiger partial charge on any atom is 0.0535 e. The van der Waals surface area contributed by atoms with E-state index in [2.05, 4.69) is 154 Å². The minimum absolute atomic E-state index is 0.746. The Hall–Kier alpha value is -3.08. The van der Waals surface area contributed by atoms with Crippen LogP contribution in [0.3, 0.4) is 0 Å². The van der Waals surface area contributed by atoms with Gasteiger partial charge in [0.15, 0.2) is 0 Å². The van der Waals surface area contributed by atoms with Gasteiger partial charge in [-0.2, -0.15) is 0 Å². The van der Waals surface area contributed by atoms with E-state index in [1.54, 1.807) is 11.1 Å². The topological polar surface area (TPSA) is 9.86 Å². The molecule has 48 heavy (non-hydrogen) atoms. The molecular weight excluding hydrogens is 716 g/mol. The number of nitrogens with zero attached hydrogens (tertiary/aromatic N) is 2. The van der Waals surface area contributed by atoms with Gasteiger partial charge < -0.3 is 9.13 Å². The average molecular weight is 763 g/mol.